The number of carbonyl (C=O) groups is 2. The number of amides is 2. The largest absolute Gasteiger partial charge is 0.505 e. The minimum atomic E-state index is -0.996. The van der Waals surface area contributed by atoms with Gasteiger partial charge in [0.05, 0.1) is 11.4 Å². The number of nitrogens with two attached hydrogens (primary N) is 1. The maximum absolute atomic E-state index is 14.2. The van der Waals surface area contributed by atoms with E-state index in [4.69, 9.17) is 10.5 Å². The number of halogens is 1. The van der Waals surface area contributed by atoms with Crippen LogP contribution in [0.3, 0.4) is 0 Å². The molecule has 2 amide bonds. The number of nitrogens with one attached hydrogen (secondary N) is 2. The highest BCUT2D eigenvalue weighted by molar-refractivity contribution is 7.98. The summed E-state index contributed by atoms with van der Waals surface area (Å²) < 4.78 is 19.9. The first-order chi connectivity index (χ1) is 17.1. The van der Waals surface area contributed by atoms with Crippen molar-refractivity contribution < 1.29 is 23.8 Å². The Morgan fingerprint density at radius 1 is 1.08 bits per heavy atom. The smallest absolute Gasteiger partial charge is 0.412 e. The highest BCUT2D eigenvalue weighted by Gasteiger charge is 2.33. The number of anilines is 3. The fourth-order valence-corrected chi connectivity index (χ4v) is 3.84. The molecule has 3 rings (SSSR count). The van der Waals surface area contributed by atoms with Crippen LogP contribution in [0.2, 0.25) is 0 Å². The molecule has 3 aromatic carbocycles. The molecule has 0 aromatic heterocycles. The minimum Gasteiger partial charge on any atom is -0.505 e. The summed E-state index contributed by atoms with van der Waals surface area (Å²) in [7, 11) is 0. The van der Waals surface area contributed by atoms with Crippen molar-refractivity contribution in [1.82, 2.24) is 0 Å². The molecule has 0 unspecified atom stereocenters. The first-order valence-electron chi connectivity index (χ1n) is 11.0. The van der Waals surface area contributed by atoms with Crippen LogP contribution in [-0.4, -0.2) is 23.4 Å². The predicted octanol–water partition coefficient (Wildman–Crippen LogP) is 6.35. The highest BCUT2D eigenvalue weighted by Crippen LogP contribution is 2.39. The fourth-order valence-electron chi connectivity index (χ4n) is 3.43. The van der Waals surface area contributed by atoms with Crippen molar-refractivity contribution in [2.75, 3.05) is 22.6 Å². The molecule has 5 N–H and O–H groups in total. The quantitative estimate of drug-likeness (QED) is 0.160. The van der Waals surface area contributed by atoms with Gasteiger partial charge in [0, 0.05) is 16.0 Å². The Morgan fingerprint density at radius 2 is 1.78 bits per heavy atom. The number of phenols is 1. The number of nitrogen functional groups attached to an aromatic ring is 1. The number of ether oxygens (including phenoxy) is 1. The lowest BCUT2D eigenvalue weighted by molar-refractivity contribution is -0.112. The van der Waals surface area contributed by atoms with Crippen molar-refractivity contribution in [3.8, 4) is 5.75 Å². The number of phenolic OH excluding ortho intramolecular Hbond substituents is 1. The summed E-state index contributed by atoms with van der Waals surface area (Å²) in [6.07, 6.45) is 3.07. The molecule has 188 valence electrons. The Kier molecular flexibility index (Phi) is 8.60. The summed E-state index contributed by atoms with van der Waals surface area (Å²) in [6, 6.07) is 17.8. The molecule has 0 heterocycles. The van der Waals surface area contributed by atoms with E-state index in [1.165, 1.54) is 18.2 Å². The third-order valence-corrected chi connectivity index (χ3v) is 6.14. The molecule has 1 atom stereocenters. The van der Waals surface area contributed by atoms with Gasteiger partial charge in [-0.1, -0.05) is 38.1 Å². The van der Waals surface area contributed by atoms with E-state index < -0.39 is 35.1 Å². The van der Waals surface area contributed by atoms with Gasteiger partial charge in [-0.05, 0) is 66.4 Å². The third-order valence-electron chi connectivity index (χ3n) is 5.39. The second kappa shape index (κ2) is 11.6. The molecule has 0 radical (unpaired) electrons. The van der Waals surface area contributed by atoms with Gasteiger partial charge in [-0.3, -0.25) is 10.1 Å². The number of benzene rings is 3. The highest BCUT2D eigenvalue weighted by atomic mass is 32.2. The average Bonchev–Trinajstić information content (AvgIpc) is 2.85. The molecule has 7 nitrogen and oxygen atoms in total. The van der Waals surface area contributed by atoms with Crippen LogP contribution in [-0.2, 0) is 9.53 Å². The van der Waals surface area contributed by atoms with Crippen LogP contribution in [0.25, 0.3) is 0 Å². The predicted molar refractivity (Wildman–Crippen MR) is 142 cm³/mol. The van der Waals surface area contributed by atoms with Gasteiger partial charge < -0.3 is 20.9 Å². The molecule has 9 heteroatoms. The molecule has 0 aliphatic rings. The maximum atomic E-state index is 14.2. The molecule has 0 fully saturated rings. The molecule has 36 heavy (non-hydrogen) atoms. The van der Waals surface area contributed by atoms with Gasteiger partial charge in [0.1, 0.15) is 6.10 Å². The van der Waals surface area contributed by atoms with Crippen LogP contribution in [0, 0.1) is 11.2 Å². The molecular formula is C27H28FN3O4S. The number of aromatic hydroxyl groups is 1. The standard InChI is InChI=1S/C27H28FN3O4S/c1-27(2,15-14-24(33)31-22-7-5-4-6-21(22)29)25(17-8-13-23(32)20(28)16-17)35-26(34)30-18-9-11-19(36-3)12-10-18/h4-16,25,32H,29H2,1-3H3,(H,30,34)(H,31,33)/b15-14+/t25-/m0/s1. The van der Waals surface area contributed by atoms with Gasteiger partial charge in [0.2, 0.25) is 5.91 Å². The number of hydrogen-bond donors (Lipinski definition) is 4. The Balaban J connectivity index is 1.82. The molecule has 0 saturated heterocycles. The van der Waals surface area contributed by atoms with Crippen molar-refractivity contribution in [3.63, 3.8) is 0 Å². The van der Waals surface area contributed by atoms with E-state index in [9.17, 15) is 19.1 Å². The first-order valence-corrected chi connectivity index (χ1v) is 12.3. The Morgan fingerprint density at radius 3 is 2.42 bits per heavy atom. The zero-order valence-electron chi connectivity index (χ0n) is 20.1. The first kappa shape index (κ1) is 26.6. The summed E-state index contributed by atoms with van der Waals surface area (Å²) in [4.78, 5) is 26.3. The van der Waals surface area contributed by atoms with E-state index in [0.717, 1.165) is 11.0 Å². The molecule has 0 aliphatic carbocycles. The number of thioether (sulfide) groups is 1. The van der Waals surface area contributed by atoms with E-state index in [1.807, 2.05) is 18.4 Å². The molecule has 0 spiro atoms. The van der Waals surface area contributed by atoms with Crippen LogP contribution in [0.15, 0.2) is 83.8 Å². The zero-order chi connectivity index (χ0) is 26.3. The normalized spacial score (nSPS) is 12.2. The molecule has 0 bridgehead atoms. The van der Waals surface area contributed by atoms with Crippen molar-refractivity contribution in [1.29, 1.82) is 0 Å². The Hall–Kier alpha value is -3.98. The van der Waals surface area contributed by atoms with Gasteiger partial charge >= 0.3 is 6.09 Å². The summed E-state index contributed by atoms with van der Waals surface area (Å²) in [5, 5.41) is 15.0. The monoisotopic (exact) mass is 509 g/mol. The Labute approximate surface area is 213 Å². The van der Waals surface area contributed by atoms with E-state index in [0.29, 0.717) is 22.6 Å². The van der Waals surface area contributed by atoms with Crippen LogP contribution in [0.1, 0.15) is 25.5 Å². The fraction of sp³-hybridized carbons (Fsp3) is 0.185. The van der Waals surface area contributed by atoms with Crippen molar-refractivity contribution in [3.05, 3.63) is 90.3 Å². The molecule has 0 saturated carbocycles. The van der Waals surface area contributed by atoms with Gasteiger partial charge in [-0.25, -0.2) is 9.18 Å². The summed E-state index contributed by atoms with van der Waals surface area (Å²) >= 11 is 1.57. The van der Waals surface area contributed by atoms with Crippen LogP contribution in [0.4, 0.5) is 26.2 Å². The summed E-state index contributed by atoms with van der Waals surface area (Å²) in [6.45, 7) is 3.48. The van der Waals surface area contributed by atoms with Crippen LogP contribution < -0.4 is 16.4 Å². The molecule has 0 aliphatic heterocycles. The van der Waals surface area contributed by atoms with E-state index in [-0.39, 0.29) is 0 Å². The summed E-state index contributed by atoms with van der Waals surface area (Å²) in [5.74, 6) is -1.81. The van der Waals surface area contributed by atoms with Gasteiger partial charge in [0.25, 0.3) is 0 Å². The lowest BCUT2D eigenvalue weighted by Gasteiger charge is -2.31. The van der Waals surface area contributed by atoms with Crippen LogP contribution in [0.5, 0.6) is 5.75 Å². The number of hydrogen-bond acceptors (Lipinski definition) is 6. The van der Waals surface area contributed by atoms with Crippen LogP contribution >= 0.6 is 11.8 Å². The number of para-hydroxylation sites is 2. The second-order valence-corrected chi connectivity index (χ2v) is 9.46. The lowest BCUT2D eigenvalue weighted by atomic mass is 9.82. The van der Waals surface area contributed by atoms with Gasteiger partial charge in [-0.2, -0.15) is 0 Å². The third kappa shape index (κ3) is 7.02. The van der Waals surface area contributed by atoms with Crippen molar-refractivity contribution in [2.24, 2.45) is 5.41 Å². The second-order valence-electron chi connectivity index (χ2n) is 8.58. The topological polar surface area (TPSA) is 114 Å². The number of carbonyl (C=O) groups excluding carboxylic acids is 2. The lowest BCUT2D eigenvalue weighted by Crippen LogP contribution is -2.28. The van der Waals surface area contributed by atoms with E-state index >= 15 is 0 Å². The van der Waals surface area contributed by atoms with E-state index in [2.05, 4.69) is 10.6 Å². The number of rotatable bonds is 8. The summed E-state index contributed by atoms with van der Waals surface area (Å²) in [5.41, 5.74) is 6.64. The van der Waals surface area contributed by atoms with Crippen molar-refractivity contribution >= 4 is 40.8 Å². The molecular weight excluding hydrogens is 481 g/mol. The van der Waals surface area contributed by atoms with E-state index in [1.54, 1.807) is 68.1 Å². The minimum absolute atomic E-state index is 0.306. The van der Waals surface area contributed by atoms with Crippen molar-refractivity contribution in [2.45, 2.75) is 24.8 Å². The average molecular weight is 510 g/mol. The van der Waals surface area contributed by atoms with Gasteiger partial charge in [0.15, 0.2) is 11.6 Å². The maximum Gasteiger partial charge on any atom is 0.412 e. The SMILES string of the molecule is CSc1ccc(NC(=O)O[C@@H](c2ccc(O)c(F)c2)C(C)(C)/C=C/C(=O)Nc2ccccc2N)cc1. The zero-order valence-corrected chi connectivity index (χ0v) is 20.9. The molecule has 3 aromatic rings. The Bertz CT molecular complexity index is 1260. The van der Waals surface area contributed by atoms with Gasteiger partial charge in [-0.15, -0.1) is 11.8 Å².